The Balaban J connectivity index is 1.88. The van der Waals surface area contributed by atoms with Gasteiger partial charge in [-0.15, -0.1) is 10.2 Å². The molecule has 1 amide bonds. The molecule has 0 fully saturated rings. The Morgan fingerprint density at radius 1 is 1.21 bits per heavy atom. The third-order valence-electron chi connectivity index (χ3n) is 4.54. The topological polar surface area (TPSA) is 95.1 Å². The van der Waals surface area contributed by atoms with Crippen molar-refractivity contribution < 1.29 is 9.53 Å². The van der Waals surface area contributed by atoms with E-state index in [9.17, 15) is 4.79 Å². The van der Waals surface area contributed by atoms with Gasteiger partial charge in [0, 0.05) is 6.04 Å². The summed E-state index contributed by atoms with van der Waals surface area (Å²) in [5, 5.41) is 11.6. The number of hydrogen-bond acceptors (Lipinski definition) is 6. The minimum atomic E-state index is -0.0501. The number of carbonyl (C=O) groups is 1. The van der Waals surface area contributed by atoms with Crippen LogP contribution < -0.4 is 15.9 Å². The van der Waals surface area contributed by atoms with E-state index in [1.165, 1.54) is 22.0 Å². The summed E-state index contributed by atoms with van der Waals surface area (Å²) in [6.07, 6.45) is 0. The van der Waals surface area contributed by atoms with Crippen LogP contribution in [0.1, 0.15) is 52.9 Å². The molecule has 2 aromatic rings. The number of nitrogens with two attached hydrogens (primary N) is 1. The van der Waals surface area contributed by atoms with Gasteiger partial charge in [-0.3, -0.25) is 4.79 Å². The Morgan fingerprint density at radius 2 is 1.86 bits per heavy atom. The minimum absolute atomic E-state index is 0.0501. The van der Waals surface area contributed by atoms with Gasteiger partial charge in [0.15, 0.2) is 5.82 Å². The second-order valence-electron chi connectivity index (χ2n) is 8.22. The number of hydrogen-bond donors (Lipinski definition) is 2. The van der Waals surface area contributed by atoms with Crippen molar-refractivity contribution in [3.05, 3.63) is 35.7 Å². The molecule has 7 nitrogen and oxygen atoms in total. The van der Waals surface area contributed by atoms with Gasteiger partial charge in [0.1, 0.15) is 12.4 Å². The van der Waals surface area contributed by atoms with Crippen LogP contribution in [0.25, 0.3) is 0 Å². The third kappa shape index (κ3) is 6.15. The summed E-state index contributed by atoms with van der Waals surface area (Å²) in [4.78, 5) is 12.0. The molecule has 0 aliphatic heterocycles. The Labute approximate surface area is 171 Å². The number of rotatable bonds is 8. The van der Waals surface area contributed by atoms with Gasteiger partial charge < -0.3 is 15.9 Å². The van der Waals surface area contributed by atoms with E-state index in [-0.39, 0.29) is 29.7 Å². The van der Waals surface area contributed by atoms with E-state index in [0.717, 1.165) is 5.75 Å². The van der Waals surface area contributed by atoms with E-state index >= 15 is 0 Å². The second-order valence-corrected chi connectivity index (χ2v) is 9.16. The molecule has 0 radical (unpaired) electrons. The molecule has 0 saturated heterocycles. The molecule has 0 spiro atoms. The molecular weight excluding hydrogens is 374 g/mol. The molecule has 0 aliphatic carbocycles. The summed E-state index contributed by atoms with van der Waals surface area (Å²) in [5.74, 6) is 7.86. The highest BCUT2D eigenvalue weighted by Crippen LogP contribution is 2.24. The van der Waals surface area contributed by atoms with Gasteiger partial charge in [0.05, 0.1) is 5.75 Å². The maximum absolute atomic E-state index is 12.0. The molecule has 1 atom stereocenters. The quantitative estimate of drug-likeness (QED) is 0.517. The highest BCUT2D eigenvalue weighted by atomic mass is 32.2. The zero-order chi connectivity index (χ0) is 20.9. The fraction of sp³-hybridized carbons (Fsp3) is 0.550. The minimum Gasteiger partial charge on any atom is -0.486 e. The molecule has 1 aromatic heterocycles. The predicted molar refractivity (Wildman–Crippen MR) is 113 cm³/mol. The van der Waals surface area contributed by atoms with E-state index in [2.05, 4.69) is 62.3 Å². The van der Waals surface area contributed by atoms with Crippen LogP contribution in [-0.2, 0) is 16.8 Å². The van der Waals surface area contributed by atoms with Gasteiger partial charge in [-0.2, -0.15) is 0 Å². The van der Waals surface area contributed by atoms with Gasteiger partial charge in [-0.1, -0.05) is 58.5 Å². The zero-order valence-electron chi connectivity index (χ0n) is 17.5. The Morgan fingerprint density at radius 3 is 2.43 bits per heavy atom. The van der Waals surface area contributed by atoms with Gasteiger partial charge in [0.25, 0.3) is 0 Å². The smallest absolute Gasteiger partial charge is 0.230 e. The van der Waals surface area contributed by atoms with E-state index in [4.69, 9.17) is 10.6 Å². The van der Waals surface area contributed by atoms with Crippen LogP contribution in [0.3, 0.4) is 0 Å². The summed E-state index contributed by atoms with van der Waals surface area (Å²) in [5.41, 5.74) is 1.34. The number of thioether (sulfide) groups is 1. The van der Waals surface area contributed by atoms with Crippen LogP contribution >= 0.6 is 11.8 Å². The third-order valence-corrected chi connectivity index (χ3v) is 5.49. The van der Waals surface area contributed by atoms with Crippen LogP contribution in [0.2, 0.25) is 0 Å². The first-order valence-corrected chi connectivity index (χ1v) is 10.4. The Bertz CT molecular complexity index is 781. The molecule has 8 heteroatoms. The number of carbonyl (C=O) groups excluding carboxylic acids is 1. The van der Waals surface area contributed by atoms with E-state index < -0.39 is 0 Å². The number of nitrogen functional groups attached to an aromatic ring is 1. The fourth-order valence-corrected chi connectivity index (χ4v) is 2.98. The molecule has 2 rings (SSSR count). The molecule has 1 aromatic carbocycles. The maximum atomic E-state index is 12.0. The number of benzene rings is 1. The van der Waals surface area contributed by atoms with Crippen LogP contribution in [0.5, 0.6) is 5.75 Å². The lowest BCUT2D eigenvalue weighted by atomic mass is 9.87. The van der Waals surface area contributed by atoms with Gasteiger partial charge in [0.2, 0.25) is 11.1 Å². The van der Waals surface area contributed by atoms with Crippen molar-refractivity contribution in [2.45, 2.75) is 64.8 Å². The van der Waals surface area contributed by atoms with Gasteiger partial charge >= 0.3 is 0 Å². The number of aromatic nitrogens is 3. The molecule has 0 bridgehead atoms. The maximum Gasteiger partial charge on any atom is 0.230 e. The van der Waals surface area contributed by atoms with Crippen molar-refractivity contribution in [3.8, 4) is 5.75 Å². The lowest BCUT2D eigenvalue weighted by Crippen LogP contribution is -2.37. The molecular formula is C20H31N5O2S. The van der Waals surface area contributed by atoms with Crippen LogP contribution in [-0.4, -0.2) is 32.6 Å². The highest BCUT2D eigenvalue weighted by molar-refractivity contribution is 7.99. The van der Waals surface area contributed by atoms with Gasteiger partial charge in [-0.25, -0.2) is 4.68 Å². The first-order valence-electron chi connectivity index (χ1n) is 9.42. The SMILES string of the molecule is CC(C)C(C)NC(=O)CSc1nnc(COc2ccc(C(C)(C)C)cc2)n1N. The number of nitrogens with one attached hydrogen (secondary N) is 1. The second kappa shape index (κ2) is 9.32. The first kappa shape index (κ1) is 22.1. The standard InChI is InChI=1S/C20H31N5O2S/c1-13(2)14(3)22-18(26)12-28-19-24-23-17(25(19)21)11-27-16-9-7-15(8-10-16)20(4,5)6/h7-10,13-14H,11-12,21H2,1-6H3,(H,22,26). The summed E-state index contributed by atoms with van der Waals surface area (Å²) < 4.78 is 7.13. The number of amides is 1. The molecule has 0 aliphatic rings. The normalized spacial score (nSPS) is 12.8. The van der Waals surface area contributed by atoms with E-state index in [1.807, 2.05) is 19.1 Å². The van der Waals surface area contributed by atoms with Crippen molar-refractivity contribution in [2.24, 2.45) is 5.92 Å². The van der Waals surface area contributed by atoms with Crippen LogP contribution in [0, 0.1) is 5.92 Å². The summed E-state index contributed by atoms with van der Waals surface area (Å²) in [7, 11) is 0. The van der Waals surface area contributed by atoms with E-state index in [0.29, 0.717) is 16.9 Å². The van der Waals surface area contributed by atoms with Crippen molar-refractivity contribution in [1.82, 2.24) is 20.2 Å². The molecule has 28 heavy (non-hydrogen) atoms. The average molecular weight is 406 g/mol. The van der Waals surface area contributed by atoms with E-state index in [1.54, 1.807) is 0 Å². The first-order chi connectivity index (χ1) is 13.1. The predicted octanol–water partition coefficient (Wildman–Crippen LogP) is 3.12. The summed E-state index contributed by atoms with van der Waals surface area (Å²) >= 11 is 1.25. The van der Waals surface area contributed by atoms with Gasteiger partial charge in [-0.05, 0) is 36.0 Å². The lowest BCUT2D eigenvalue weighted by molar-refractivity contribution is -0.119. The summed E-state index contributed by atoms with van der Waals surface area (Å²) in [6, 6.07) is 8.11. The lowest BCUT2D eigenvalue weighted by Gasteiger charge is -2.19. The van der Waals surface area contributed by atoms with Crippen LogP contribution in [0.15, 0.2) is 29.4 Å². The average Bonchev–Trinajstić information content (AvgIpc) is 2.97. The van der Waals surface area contributed by atoms with Crippen molar-refractivity contribution in [2.75, 3.05) is 11.6 Å². The van der Waals surface area contributed by atoms with Crippen molar-refractivity contribution >= 4 is 17.7 Å². The van der Waals surface area contributed by atoms with Crippen molar-refractivity contribution in [3.63, 3.8) is 0 Å². The summed E-state index contributed by atoms with van der Waals surface area (Å²) in [6.45, 7) is 12.8. The fourth-order valence-electron chi connectivity index (χ4n) is 2.30. The molecule has 0 saturated carbocycles. The largest absolute Gasteiger partial charge is 0.486 e. The number of nitrogens with zero attached hydrogens (tertiary/aromatic N) is 3. The molecule has 1 unspecified atom stereocenters. The highest BCUT2D eigenvalue weighted by Gasteiger charge is 2.16. The molecule has 1 heterocycles. The van der Waals surface area contributed by atoms with Crippen molar-refractivity contribution in [1.29, 1.82) is 0 Å². The zero-order valence-corrected chi connectivity index (χ0v) is 18.3. The molecule has 3 N–H and O–H groups in total. The molecule has 154 valence electrons. The number of ether oxygens (including phenoxy) is 1. The Kier molecular flexibility index (Phi) is 7.35. The monoisotopic (exact) mass is 405 g/mol. The van der Waals surface area contributed by atoms with Crippen LogP contribution in [0.4, 0.5) is 0 Å². The Hall–Kier alpha value is -2.22.